The van der Waals surface area contributed by atoms with E-state index in [1.807, 2.05) is 12.1 Å². The quantitative estimate of drug-likeness (QED) is 0.690. The molecule has 1 atom stereocenters. The number of ether oxygens (including phenoxy) is 3. The van der Waals surface area contributed by atoms with E-state index < -0.39 is 0 Å². The largest absolute Gasteiger partial charge is 0.504 e. The lowest BCUT2D eigenvalue weighted by Gasteiger charge is -2.42. The minimum absolute atomic E-state index is 0.215. The molecule has 1 unspecified atom stereocenters. The van der Waals surface area contributed by atoms with Crippen LogP contribution in [0.5, 0.6) is 23.0 Å². The topological polar surface area (TPSA) is 51.2 Å². The molecule has 2 aromatic rings. The van der Waals surface area contributed by atoms with Crippen molar-refractivity contribution in [3.8, 4) is 23.0 Å². The molecule has 0 bridgehead atoms. The zero-order valence-electron chi connectivity index (χ0n) is 17.7. The van der Waals surface area contributed by atoms with Gasteiger partial charge < -0.3 is 19.3 Å². The molecule has 156 valence electrons. The van der Waals surface area contributed by atoms with Crippen LogP contribution >= 0.6 is 0 Å². The van der Waals surface area contributed by atoms with Crippen molar-refractivity contribution >= 4 is 0 Å². The molecule has 0 saturated carbocycles. The molecule has 29 heavy (non-hydrogen) atoms. The van der Waals surface area contributed by atoms with E-state index in [2.05, 4.69) is 24.0 Å². The van der Waals surface area contributed by atoms with Crippen LogP contribution in [0.3, 0.4) is 0 Å². The van der Waals surface area contributed by atoms with Crippen molar-refractivity contribution in [2.75, 3.05) is 27.4 Å². The molecule has 0 aliphatic carbocycles. The van der Waals surface area contributed by atoms with Crippen LogP contribution < -0.4 is 14.2 Å². The summed E-state index contributed by atoms with van der Waals surface area (Å²) in [4.78, 5) is 2.49. The Balaban J connectivity index is 1.62. The molecule has 0 aromatic heterocycles. The second-order valence-corrected chi connectivity index (χ2v) is 7.95. The van der Waals surface area contributed by atoms with Crippen LogP contribution in [0.15, 0.2) is 24.3 Å². The summed E-state index contributed by atoms with van der Waals surface area (Å²) in [6, 6.07) is 8.38. The lowest BCUT2D eigenvalue weighted by Crippen LogP contribution is -2.39. The van der Waals surface area contributed by atoms with Crippen molar-refractivity contribution < 1.29 is 19.3 Å². The maximum atomic E-state index is 10.3. The smallest absolute Gasteiger partial charge is 0.165 e. The van der Waals surface area contributed by atoms with Crippen molar-refractivity contribution in [3.05, 3.63) is 46.5 Å². The fourth-order valence-corrected chi connectivity index (χ4v) is 4.66. The molecule has 0 spiro atoms. The highest BCUT2D eigenvalue weighted by Crippen LogP contribution is 2.45. The molecule has 2 aliphatic heterocycles. The molecule has 2 aliphatic rings. The van der Waals surface area contributed by atoms with Gasteiger partial charge in [0.2, 0.25) is 0 Å². The summed E-state index contributed by atoms with van der Waals surface area (Å²) in [5.74, 6) is 2.49. The van der Waals surface area contributed by atoms with E-state index >= 15 is 0 Å². The predicted octanol–water partition coefficient (Wildman–Crippen LogP) is 4.63. The third-order valence-corrected chi connectivity index (χ3v) is 6.21. The number of hydrogen-bond acceptors (Lipinski definition) is 5. The molecular weight excluding hydrogens is 366 g/mol. The van der Waals surface area contributed by atoms with E-state index in [1.165, 1.54) is 35.1 Å². The van der Waals surface area contributed by atoms with Crippen molar-refractivity contribution in [3.63, 3.8) is 0 Å². The maximum Gasteiger partial charge on any atom is 0.165 e. The Kier molecular flexibility index (Phi) is 5.86. The van der Waals surface area contributed by atoms with Crippen LogP contribution in [0.25, 0.3) is 0 Å². The van der Waals surface area contributed by atoms with Gasteiger partial charge in [-0.2, -0.15) is 0 Å². The van der Waals surface area contributed by atoms with E-state index in [4.69, 9.17) is 14.2 Å². The van der Waals surface area contributed by atoms with Gasteiger partial charge in [-0.3, -0.25) is 4.90 Å². The van der Waals surface area contributed by atoms with E-state index in [1.54, 1.807) is 14.2 Å². The molecule has 5 heteroatoms. The number of rotatable bonds is 7. The zero-order valence-corrected chi connectivity index (χ0v) is 17.7. The number of hydrogen-bond donors (Lipinski definition) is 1. The number of benzene rings is 2. The van der Waals surface area contributed by atoms with Gasteiger partial charge in [0.1, 0.15) is 0 Å². The first kappa shape index (κ1) is 19.9. The highest BCUT2D eigenvalue weighted by molar-refractivity contribution is 5.54. The van der Waals surface area contributed by atoms with E-state index in [-0.39, 0.29) is 11.8 Å². The van der Waals surface area contributed by atoms with Crippen molar-refractivity contribution in [1.82, 2.24) is 4.90 Å². The molecule has 5 nitrogen and oxygen atoms in total. The normalized spacial score (nSPS) is 17.8. The minimum atomic E-state index is 0.215. The van der Waals surface area contributed by atoms with E-state index in [0.717, 1.165) is 50.5 Å². The van der Waals surface area contributed by atoms with Gasteiger partial charge in [0.25, 0.3) is 0 Å². The monoisotopic (exact) mass is 397 g/mol. The van der Waals surface area contributed by atoms with Crippen LogP contribution in [0.4, 0.5) is 0 Å². The highest BCUT2D eigenvalue weighted by atomic mass is 16.5. The number of phenolic OH excluding ortho intramolecular Hbond substituents is 1. The first-order valence-electron chi connectivity index (χ1n) is 10.6. The average Bonchev–Trinajstić information content (AvgIpc) is 2.74. The predicted molar refractivity (Wildman–Crippen MR) is 113 cm³/mol. The lowest BCUT2D eigenvalue weighted by molar-refractivity contribution is 0.157. The number of phenols is 1. The minimum Gasteiger partial charge on any atom is -0.504 e. The fraction of sp³-hybridized carbons (Fsp3) is 0.500. The molecule has 0 fully saturated rings. The van der Waals surface area contributed by atoms with Crippen LogP contribution in [-0.2, 0) is 19.4 Å². The number of methoxy groups -OCH3 is 2. The SMILES string of the molecule is CCCCCOc1ccc2c(c1OC)CN1CCc3cc(OC)c(O)cc3C1C2. The summed E-state index contributed by atoms with van der Waals surface area (Å²) in [5, 5.41) is 10.3. The van der Waals surface area contributed by atoms with Crippen LogP contribution in [0, 0.1) is 0 Å². The Bertz CT molecular complexity index is 880. The van der Waals surface area contributed by atoms with Gasteiger partial charge in [-0.25, -0.2) is 0 Å². The van der Waals surface area contributed by atoms with E-state index in [0.29, 0.717) is 5.75 Å². The lowest BCUT2D eigenvalue weighted by atomic mass is 9.83. The number of nitrogens with zero attached hydrogens (tertiary/aromatic N) is 1. The van der Waals surface area contributed by atoms with Gasteiger partial charge in [0.05, 0.1) is 20.8 Å². The van der Waals surface area contributed by atoms with Crippen LogP contribution in [0.2, 0.25) is 0 Å². The van der Waals surface area contributed by atoms with Gasteiger partial charge in [-0.15, -0.1) is 0 Å². The molecule has 1 N–H and O–H groups in total. The van der Waals surface area contributed by atoms with Gasteiger partial charge >= 0.3 is 0 Å². The third-order valence-electron chi connectivity index (χ3n) is 6.21. The van der Waals surface area contributed by atoms with Gasteiger partial charge in [-0.05, 0) is 54.2 Å². The molecule has 4 rings (SSSR count). The van der Waals surface area contributed by atoms with Crippen molar-refractivity contribution in [2.24, 2.45) is 0 Å². The summed E-state index contributed by atoms with van der Waals surface area (Å²) >= 11 is 0. The Morgan fingerprint density at radius 1 is 1.07 bits per heavy atom. The summed E-state index contributed by atoms with van der Waals surface area (Å²) in [6.07, 6.45) is 5.28. The second-order valence-electron chi connectivity index (χ2n) is 7.95. The third kappa shape index (κ3) is 3.76. The van der Waals surface area contributed by atoms with Crippen LogP contribution in [-0.4, -0.2) is 37.4 Å². The molecule has 0 radical (unpaired) electrons. The van der Waals surface area contributed by atoms with Crippen molar-refractivity contribution in [1.29, 1.82) is 0 Å². The van der Waals surface area contributed by atoms with Crippen molar-refractivity contribution in [2.45, 2.75) is 51.6 Å². The summed E-state index contributed by atoms with van der Waals surface area (Å²) in [6.45, 7) is 4.74. The highest BCUT2D eigenvalue weighted by Gasteiger charge is 2.34. The molecule has 2 aromatic carbocycles. The first-order chi connectivity index (χ1) is 14.2. The number of unbranched alkanes of at least 4 members (excludes halogenated alkanes) is 2. The summed E-state index contributed by atoms with van der Waals surface area (Å²) in [7, 11) is 3.33. The van der Waals surface area contributed by atoms with Gasteiger partial charge in [-0.1, -0.05) is 25.8 Å². The Labute approximate surface area is 173 Å². The molecule has 0 saturated heterocycles. The van der Waals surface area contributed by atoms with Gasteiger partial charge in [0.15, 0.2) is 23.0 Å². The maximum absolute atomic E-state index is 10.3. The standard InChI is InChI=1S/C24H31NO4/c1-4-5-6-11-29-22-8-7-16-12-20-18-14-21(26)23(27-2)13-17(18)9-10-25(20)15-19(16)24(22)28-3/h7-8,13-14,20,26H,4-6,9-12,15H2,1-3H3. The Morgan fingerprint density at radius 3 is 2.69 bits per heavy atom. The average molecular weight is 398 g/mol. The van der Waals surface area contributed by atoms with E-state index in [9.17, 15) is 5.11 Å². The zero-order chi connectivity index (χ0) is 20.4. The van der Waals surface area contributed by atoms with Crippen LogP contribution in [0.1, 0.15) is 54.5 Å². The summed E-state index contributed by atoms with van der Waals surface area (Å²) in [5.41, 5.74) is 5.01. The second kappa shape index (κ2) is 8.54. The molecule has 2 heterocycles. The molecule has 0 amide bonds. The number of aromatic hydroxyl groups is 1. The summed E-state index contributed by atoms with van der Waals surface area (Å²) < 4.78 is 17.1. The first-order valence-corrected chi connectivity index (χ1v) is 10.6. The Morgan fingerprint density at radius 2 is 1.93 bits per heavy atom. The Hall–Kier alpha value is -2.40. The molecular formula is C24H31NO4. The van der Waals surface area contributed by atoms with Gasteiger partial charge in [0, 0.05) is 24.7 Å². The number of fused-ring (bicyclic) bond motifs is 4. The fourth-order valence-electron chi connectivity index (χ4n) is 4.66.